The number of rotatable bonds is 6. The Morgan fingerprint density at radius 2 is 1.93 bits per heavy atom. The lowest BCUT2D eigenvalue weighted by Crippen LogP contribution is -2.35. The highest BCUT2D eigenvalue weighted by atomic mass is 19.1. The number of esters is 1. The molecule has 2 amide bonds. The van der Waals surface area contributed by atoms with Crippen LogP contribution in [-0.4, -0.2) is 37.2 Å². The average Bonchev–Trinajstić information content (AvgIpc) is 3.13. The Labute approximate surface area is 159 Å². The van der Waals surface area contributed by atoms with E-state index in [1.807, 2.05) is 0 Å². The molecule has 2 N–H and O–H groups in total. The Bertz CT molecular complexity index is 917. The monoisotopic (exact) mass is 388 g/mol. The number of anilines is 1. The number of hydrogen-bond donors (Lipinski definition) is 2. The van der Waals surface area contributed by atoms with Crippen LogP contribution in [0.4, 0.5) is 10.1 Å². The minimum absolute atomic E-state index is 0.0707. The summed E-state index contributed by atoms with van der Waals surface area (Å²) < 4.78 is 28.5. The third kappa shape index (κ3) is 4.76. The van der Waals surface area contributed by atoms with Gasteiger partial charge in [-0.05, 0) is 37.3 Å². The molecule has 0 unspecified atom stereocenters. The first-order valence-electron chi connectivity index (χ1n) is 8.36. The highest BCUT2D eigenvalue weighted by Crippen LogP contribution is 2.34. The summed E-state index contributed by atoms with van der Waals surface area (Å²) in [5, 5.41) is 4.90. The summed E-state index contributed by atoms with van der Waals surface area (Å²) in [5.41, 5.74) is 0.526. The van der Waals surface area contributed by atoms with Crippen molar-refractivity contribution in [3.8, 4) is 11.5 Å². The quantitative estimate of drug-likeness (QED) is 0.733. The smallest absolute Gasteiger partial charge is 0.326 e. The van der Waals surface area contributed by atoms with E-state index in [4.69, 9.17) is 14.2 Å². The largest absolute Gasteiger partial charge is 0.454 e. The van der Waals surface area contributed by atoms with Crippen molar-refractivity contribution in [1.82, 2.24) is 5.32 Å². The minimum atomic E-state index is -1.09. The van der Waals surface area contributed by atoms with E-state index < -0.39 is 36.2 Å². The van der Waals surface area contributed by atoms with Gasteiger partial charge in [0.25, 0.3) is 11.8 Å². The fourth-order valence-electron chi connectivity index (χ4n) is 2.39. The molecule has 2 aromatic rings. The van der Waals surface area contributed by atoms with Crippen LogP contribution < -0.4 is 20.1 Å². The Morgan fingerprint density at radius 1 is 1.14 bits per heavy atom. The Hall–Kier alpha value is -3.62. The van der Waals surface area contributed by atoms with Crippen LogP contribution >= 0.6 is 0 Å². The van der Waals surface area contributed by atoms with Gasteiger partial charge in [-0.1, -0.05) is 6.07 Å². The maximum atomic E-state index is 13.1. The lowest BCUT2D eigenvalue weighted by Gasteiger charge is -2.14. The molecule has 28 heavy (non-hydrogen) atoms. The van der Waals surface area contributed by atoms with Crippen molar-refractivity contribution in [2.45, 2.75) is 13.0 Å². The van der Waals surface area contributed by atoms with E-state index in [2.05, 4.69) is 10.6 Å². The van der Waals surface area contributed by atoms with Gasteiger partial charge in [-0.25, -0.2) is 4.39 Å². The first kappa shape index (κ1) is 19.2. The predicted octanol–water partition coefficient (Wildman–Crippen LogP) is 1.85. The molecule has 0 saturated heterocycles. The molecule has 0 saturated carbocycles. The van der Waals surface area contributed by atoms with E-state index in [0.29, 0.717) is 17.2 Å². The van der Waals surface area contributed by atoms with Crippen molar-refractivity contribution >= 4 is 23.5 Å². The number of ether oxygens (including phenoxy) is 3. The summed E-state index contributed by atoms with van der Waals surface area (Å²) in [5.74, 6) is -1.48. The van der Waals surface area contributed by atoms with E-state index in [0.717, 1.165) is 6.07 Å². The number of halogens is 1. The van der Waals surface area contributed by atoms with Crippen LogP contribution in [0.2, 0.25) is 0 Å². The maximum Gasteiger partial charge on any atom is 0.326 e. The van der Waals surface area contributed by atoms with Crippen LogP contribution in [0, 0.1) is 5.82 Å². The summed E-state index contributed by atoms with van der Waals surface area (Å²) >= 11 is 0. The number of fused-ring (bicyclic) bond motifs is 1. The molecule has 1 heterocycles. The second-order valence-corrected chi connectivity index (χ2v) is 5.88. The molecule has 0 aliphatic carbocycles. The normalized spacial score (nSPS) is 12.8. The van der Waals surface area contributed by atoms with Gasteiger partial charge in [0.2, 0.25) is 6.79 Å². The fourth-order valence-corrected chi connectivity index (χ4v) is 2.39. The van der Waals surface area contributed by atoms with Crippen molar-refractivity contribution in [1.29, 1.82) is 0 Å². The molecule has 0 fully saturated rings. The SMILES string of the molecule is C[C@H](OC(=O)CNC(=O)c1cccc(F)c1)C(=O)Nc1ccc2c(c1)OCO2. The standard InChI is InChI=1S/C19H17FN2O6/c1-11(18(24)22-14-5-6-15-16(8-14)27-10-26-15)28-17(23)9-21-19(25)12-3-2-4-13(20)7-12/h2-8,11H,9-10H2,1H3,(H,21,25)(H,22,24)/t11-/m0/s1. The van der Waals surface area contributed by atoms with E-state index in [-0.39, 0.29) is 12.4 Å². The molecule has 0 radical (unpaired) electrons. The van der Waals surface area contributed by atoms with Crippen LogP contribution in [-0.2, 0) is 14.3 Å². The van der Waals surface area contributed by atoms with Crippen LogP contribution in [0.15, 0.2) is 42.5 Å². The molecule has 8 nitrogen and oxygen atoms in total. The topological polar surface area (TPSA) is 103 Å². The zero-order valence-corrected chi connectivity index (χ0v) is 14.9. The summed E-state index contributed by atoms with van der Waals surface area (Å²) in [6.45, 7) is 1.05. The van der Waals surface area contributed by atoms with Gasteiger partial charge in [-0.3, -0.25) is 14.4 Å². The molecule has 146 valence electrons. The van der Waals surface area contributed by atoms with Crippen molar-refractivity contribution < 1.29 is 33.0 Å². The molecule has 2 aromatic carbocycles. The Morgan fingerprint density at radius 3 is 2.71 bits per heavy atom. The summed E-state index contributed by atoms with van der Waals surface area (Å²) in [7, 11) is 0. The van der Waals surface area contributed by atoms with Crippen LogP contribution in [0.25, 0.3) is 0 Å². The lowest BCUT2D eigenvalue weighted by molar-refractivity contribution is -0.152. The molecule has 3 rings (SSSR count). The average molecular weight is 388 g/mol. The fraction of sp³-hybridized carbons (Fsp3) is 0.211. The number of amides is 2. The summed E-state index contributed by atoms with van der Waals surface area (Å²) in [6.07, 6.45) is -1.09. The summed E-state index contributed by atoms with van der Waals surface area (Å²) in [4.78, 5) is 35.9. The van der Waals surface area contributed by atoms with Crippen molar-refractivity contribution in [2.24, 2.45) is 0 Å². The molecular formula is C19H17FN2O6. The highest BCUT2D eigenvalue weighted by molar-refractivity contribution is 5.97. The molecule has 0 bridgehead atoms. The van der Waals surface area contributed by atoms with Gasteiger partial charge in [0.05, 0.1) is 0 Å². The number of nitrogens with one attached hydrogen (secondary N) is 2. The first-order chi connectivity index (χ1) is 13.4. The van der Waals surface area contributed by atoms with Gasteiger partial charge in [0, 0.05) is 17.3 Å². The molecule has 1 atom stereocenters. The van der Waals surface area contributed by atoms with E-state index in [1.54, 1.807) is 18.2 Å². The Balaban J connectivity index is 1.47. The third-order valence-electron chi connectivity index (χ3n) is 3.80. The van der Waals surface area contributed by atoms with Gasteiger partial charge in [0.1, 0.15) is 12.4 Å². The number of hydrogen-bond acceptors (Lipinski definition) is 6. The van der Waals surface area contributed by atoms with Gasteiger partial charge < -0.3 is 24.8 Å². The zero-order valence-electron chi connectivity index (χ0n) is 14.9. The molecule has 0 spiro atoms. The van der Waals surface area contributed by atoms with Gasteiger partial charge in [0.15, 0.2) is 17.6 Å². The highest BCUT2D eigenvalue weighted by Gasteiger charge is 2.20. The van der Waals surface area contributed by atoms with E-state index >= 15 is 0 Å². The predicted molar refractivity (Wildman–Crippen MR) is 95.5 cm³/mol. The lowest BCUT2D eigenvalue weighted by atomic mass is 10.2. The van der Waals surface area contributed by atoms with Gasteiger partial charge in [-0.2, -0.15) is 0 Å². The van der Waals surface area contributed by atoms with Crippen LogP contribution in [0.3, 0.4) is 0 Å². The zero-order chi connectivity index (χ0) is 20.1. The maximum absolute atomic E-state index is 13.1. The number of benzene rings is 2. The van der Waals surface area contributed by atoms with Crippen molar-refractivity contribution in [3.63, 3.8) is 0 Å². The molecule has 1 aliphatic heterocycles. The molecule has 0 aromatic heterocycles. The van der Waals surface area contributed by atoms with E-state index in [1.165, 1.54) is 25.1 Å². The van der Waals surface area contributed by atoms with Gasteiger partial charge >= 0.3 is 5.97 Å². The van der Waals surface area contributed by atoms with E-state index in [9.17, 15) is 18.8 Å². The first-order valence-corrected chi connectivity index (χ1v) is 8.36. The van der Waals surface area contributed by atoms with Gasteiger partial charge in [-0.15, -0.1) is 0 Å². The van der Waals surface area contributed by atoms with Crippen molar-refractivity contribution in [2.75, 3.05) is 18.7 Å². The second kappa shape index (κ2) is 8.38. The number of carbonyl (C=O) groups is 3. The van der Waals surface area contributed by atoms with Crippen molar-refractivity contribution in [3.05, 3.63) is 53.8 Å². The molecular weight excluding hydrogens is 371 g/mol. The van der Waals surface area contributed by atoms with Crippen LogP contribution in [0.1, 0.15) is 17.3 Å². The van der Waals surface area contributed by atoms with Crippen LogP contribution in [0.5, 0.6) is 11.5 Å². The number of carbonyl (C=O) groups excluding carboxylic acids is 3. The molecule has 1 aliphatic rings. The third-order valence-corrected chi connectivity index (χ3v) is 3.80. The Kier molecular flexibility index (Phi) is 5.73. The second-order valence-electron chi connectivity index (χ2n) is 5.88. The summed E-state index contributed by atoms with van der Waals surface area (Å²) in [6, 6.07) is 9.90. The molecule has 9 heteroatoms. The minimum Gasteiger partial charge on any atom is -0.454 e.